The molecule has 2 aromatic heterocycles. The summed E-state index contributed by atoms with van der Waals surface area (Å²) in [5.74, 6) is -0.531. The van der Waals surface area contributed by atoms with E-state index < -0.39 is 11.5 Å². The lowest BCUT2D eigenvalue weighted by Gasteiger charge is -2.40. The van der Waals surface area contributed by atoms with Crippen LogP contribution in [-0.4, -0.2) is 51.2 Å². The Balaban J connectivity index is 1.36. The minimum Gasteiger partial charge on any atom is -0.466 e. The topological polar surface area (TPSA) is 139 Å². The zero-order valence-corrected chi connectivity index (χ0v) is 25.6. The van der Waals surface area contributed by atoms with E-state index in [-0.39, 0.29) is 23.1 Å². The molecule has 3 heterocycles. The maximum absolute atomic E-state index is 15.2. The molecule has 1 aliphatic rings. The normalized spacial score (nSPS) is 17.9. The van der Waals surface area contributed by atoms with Crippen LogP contribution in [0, 0.1) is 11.2 Å². The van der Waals surface area contributed by atoms with E-state index >= 15 is 4.39 Å². The monoisotopic (exact) mass is 619 g/mol. The highest BCUT2D eigenvalue weighted by atomic mass is 35.5. The Hall–Kier alpha value is -3.99. The number of piperidine rings is 1. The highest BCUT2D eigenvalue weighted by Crippen LogP contribution is 2.35. The molecule has 1 aliphatic heterocycles. The van der Waals surface area contributed by atoms with Crippen molar-refractivity contribution < 1.29 is 9.13 Å². The van der Waals surface area contributed by atoms with E-state index in [2.05, 4.69) is 40.6 Å². The number of nitrogens with one attached hydrogen (secondary N) is 2. The molecule has 1 saturated heterocycles. The predicted molar refractivity (Wildman–Crippen MR) is 174 cm³/mol. The van der Waals surface area contributed by atoms with E-state index in [0.29, 0.717) is 47.0 Å². The first kappa shape index (κ1) is 31.4. The SMILES string of the molecule is C=C[C@H](N)CCCc1cc(Cl)c(F)c(-c2cc3cn(-c4ccc([C@@H]5CCC[C@@H](CCOC(=N)N)N5C)cc4)c(=O)nc3[nH]2)c1. The highest BCUT2D eigenvalue weighted by Gasteiger charge is 2.28. The van der Waals surface area contributed by atoms with Gasteiger partial charge in [0.25, 0.3) is 6.02 Å². The minimum absolute atomic E-state index is 0.0381. The molecule has 0 spiro atoms. The number of aromatic nitrogens is 3. The van der Waals surface area contributed by atoms with Gasteiger partial charge in [-0.1, -0.05) is 29.8 Å². The summed E-state index contributed by atoms with van der Waals surface area (Å²) in [6, 6.07) is 13.4. The van der Waals surface area contributed by atoms with E-state index in [1.165, 1.54) is 4.57 Å². The van der Waals surface area contributed by atoms with Gasteiger partial charge >= 0.3 is 5.69 Å². The molecular formula is C33H39ClFN7O2. The zero-order valence-electron chi connectivity index (χ0n) is 24.9. The molecule has 0 saturated carbocycles. The number of aryl methyl sites for hydroxylation is 1. The van der Waals surface area contributed by atoms with Crippen molar-refractivity contribution in [2.45, 2.75) is 63.1 Å². The summed E-state index contributed by atoms with van der Waals surface area (Å²) in [7, 11) is 2.12. The number of halogens is 2. The van der Waals surface area contributed by atoms with Gasteiger partial charge in [0.1, 0.15) is 5.65 Å². The summed E-state index contributed by atoms with van der Waals surface area (Å²) < 4.78 is 21.8. The van der Waals surface area contributed by atoms with Crippen LogP contribution in [-0.2, 0) is 11.2 Å². The van der Waals surface area contributed by atoms with Crippen molar-refractivity contribution in [1.82, 2.24) is 19.4 Å². The number of likely N-dealkylation sites (tertiary alicyclic amines) is 1. The van der Waals surface area contributed by atoms with Crippen molar-refractivity contribution in [1.29, 1.82) is 5.41 Å². The second-order valence-corrected chi connectivity index (χ2v) is 11.9. The number of nitrogens with zero attached hydrogens (tertiary/aromatic N) is 3. The van der Waals surface area contributed by atoms with Crippen molar-refractivity contribution in [3.63, 3.8) is 0 Å². The lowest BCUT2D eigenvalue weighted by atomic mass is 9.90. The van der Waals surface area contributed by atoms with Crippen LogP contribution >= 0.6 is 11.6 Å². The first-order valence-corrected chi connectivity index (χ1v) is 15.3. The van der Waals surface area contributed by atoms with Gasteiger partial charge in [-0.25, -0.2) is 9.18 Å². The third-order valence-corrected chi connectivity index (χ3v) is 8.81. The Morgan fingerprint density at radius 2 is 2.07 bits per heavy atom. The molecule has 44 heavy (non-hydrogen) atoms. The van der Waals surface area contributed by atoms with E-state index in [0.717, 1.165) is 49.7 Å². The third kappa shape index (κ3) is 7.04. The quantitative estimate of drug-likeness (QED) is 0.0946. The molecule has 232 valence electrons. The van der Waals surface area contributed by atoms with Crippen LogP contribution < -0.4 is 17.2 Å². The standard InChI is InChI=1S/C33H39ClFN7O2/c1-3-23(36)7-4-6-20-16-26(30(35)27(34)17-20)28-18-22-19-42(33(43)40-31(22)39-28)25-12-10-21(11-13-25)29-9-5-8-24(41(29)2)14-15-44-32(37)38/h3,10-13,16-19,23-24,29H,1,4-9,14-15,36H2,2H3,(H3,37,38)(H,39,40,43)/t23-,24-,29-/m0/s1. The lowest BCUT2D eigenvalue weighted by molar-refractivity contribution is 0.0940. The molecule has 4 aromatic rings. The molecule has 0 amide bonds. The third-order valence-electron chi connectivity index (χ3n) is 8.54. The number of benzene rings is 2. The number of rotatable bonds is 11. The molecule has 3 atom stereocenters. The van der Waals surface area contributed by atoms with Gasteiger partial charge in [0.05, 0.1) is 23.0 Å². The van der Waals surface area contributed by atoms with Crippen molar-refractivity contribution >= 4 is 28.7 Å². The van der Waals surface area contributed by atoms with Crippen molar-refractivity contribution in [3.05, 3.63) is 93.8 Å². The van der Waals surface area contributed by atoms with Gasteiger partial charge in [-0.15, -0.1) is 6.58 Å². The van der Waals surface area contributed by atoms with Crippen LogP contribution in [0.3, 0.4) is 0 Å². The summed E-state index contributed by atoms with van der Waals surface area (Å²) in [6.07, 6.45) is 9.71. The van der Waals surface area contributed by atoms with Crippen LogP contribution in [0.15, 0.2) is 66.1 Å². The number of hydrogen-bond acceptors (Lipinski definition) is 6. The van der Waals surface area contributed by atoms with Gasteiger partial charge in [-0.05, 0) is 93.5 Å². The Labute approximate surface area is 261 Å². The second-order valence-electron chi connectivity index (χ2n) is 11.5. The summed E-state index contributed by atoms with van der Waals surface area (Å²) in [5.41, 5.74) is 14.8. The van der Waals surface area contributed by atoms with Gasteiger partial charge in [-0.2, -0.15) is 4.98 Å². The second kappa shape index (κ2) is 13.8. The number of H-pyrrole nitrogens is 1. The number of aromatic amines is 1. The Morgan fingerprint density at radius 1 is 1.30 bits per heavy atom. The molecule has 5 rings (SSSR count). The van der Waals surface area contributed by atoms with Gasteiger partial charge < -0.3 is 21.2 Å². The molecule has 2 aromatic carbocycles. The van der Waals surface area contributed by atoms with Crippen LogP contribution in [0.4, 0.5) is 4.39 Å². The Bertz CT molecular complexity index is 1700. The minimum atomic E-state index is -0.531. The summed E-state index contributed by atoms with van der Waals surface area (Å²) >= 11 is 6.27. The number of ether oxygens (including phenoxy) is 1. The van der Waals surface area contributed by atoms with Crippen molar-refractivity contribution in [3.8, 4) is 16.9 Å². The predicted octanol–water partition coefficient (Wildman–Crippen LogP) is 5.83. The van der Waals surface area contributed by atoms with Crippen molar-refractivity contribution in [2.24, 2.45) is 11.5 Å². The first-order valence-electron chi connectivity index (χ1n) is 14.9. The molecule has 0 bridgehead atoms. The zero-order chi connectivity index (χ0) is 31.4. The molecule has 11 heteroatoms. The smallest absolute Gasteiger partial charge is 0.354 e. The number of hydrogen-bond donors (Lipinski definition) is 4. The first-order chi connectivity index (χ1) is 21.1. The molecular weight excluding hydrogens is 581 g/mol. The average Bonchev–Trinajstić information content (AvgIpc) is 3.41. The molecule has 0 aliphatic carbocycles. The highest BCUT2D eigenvalue weighted by molar-refractivity contribution is 6.31. The van der Waals surface area contributed by atoms with E-state index in [1.54, 1.807) is 30.5 Å². The van der Waals surface area contributed by atoms with Gasteiger partial charge in [0, 0.05) is 35.3 Å². The van der Waals surface area contributed by atoms with Crippen LogP contribution in [0.5, 0.6) is 0 Å². The van der Waals surface area contributed by atoms with Crippen LogP contribution in [0.2, 0.25) is 5.02 Å². The van der Waals surface area contributed by atoms with Gasteiger partial charge in [0.15, 0.2) is 5.82 Å². The molecule has 0 unspecified atom stereocenters. The van der Waals surface area contributed by atoms with E-state index in [1.807, 2.05) is 12.1 Å². The largest absolute Gasteiger partial charge is 0.466 e. The summed E-state index contributed by atoms with van der Waals surface area (Å²) in [5, 5.41) is 7.98. The number of fused-ring (bicyclic) bond motifs is 1. The number of amidine groups is 1. The maximum atomic E-state index is 15.2. The van der Waals surface area contributed by atoms with E-state index in [9.17, 15) is 4.79 Å². The maximum Gasteiger partial charge on any atom is 0.354 e. The molecule has 6 N–H and O–H groups in total. The van der Waals surface area contributed by atoms with Gasteiger partial charge in [-0.3, -0.25) is 14.9 Å². The Kier molecular flexibility index (Phi) is 9.83. The summed E-state index contributed by atoms with van der Waals surface area (Å²) in [4.78, 5) is 22.8. The lowest BCUT2D eigenvalue weighted by Crippen LogP contribution is -2.39. The number of nitrogens with two attached hydrogens (primary N) is 2. The molecule has 1 fully saturated rings. The molecule has 9 nitrogen and oxygen atoms in total. The average molecular weight is 620 g/mol. The fourth-order valence-electron chi connectivity index (χ4n) is 6.09. The van der Waals surface area contributed by atoms with Crippen molar-refractivity contribution in [2.75, 3.05) is 13.7 Å². The fraction of sp³-hybridized carbons (Fsp3) is 0.364. The summed E-state index contributed by atoms with van der Waals surface area (Å²) in [6.45, 7) is 4.14. The van der Waals surface area contributed by atoms with Crippen LogP contribution in [0.25, 0.3) is 28.0 Å². The van der Waals surface area contributed by atoms with Crippen LogP contribution in [0.1, 0.15) is 55.7 Å². The van der Waals surface area contributed by atoms with Gasteiger partial charge in [0.2, 0.25) is 0 Å². The fourth-order valence-corrected chi connectivity index (χ4v) is 6.33. The van der Waals surface area contributed by atoms with E-state index in [4.69, 9.17) is 33.2 Å². The molecule has 0 radical (unpaired) electrons. The Morgan fingerprint density at radius 3 is 2.80 bits per heavy atom.